The molecule has 0 radical (unpaired) electrons. The Kier molecular flexibility index (Phi) is 8.40. The Morgan fingerprint density at radius 1 is 0.682 bits per heavy atom. The molecule has 0 bridgehead atoms. The van der Waals surface area contributed by atoms with E-state index in [2.05, 4.69) is 126 Å². The number of anilines is 3. The molecule has 0 amide bonds. The van der Waals surface area contributed by atoms with Crippen LogP contribution in [0.25, 0.3) is 33.3 Å². The summed E-state index contributed by atoms with van der Waals surface area (Å²) in [6, 6.07) is 43.1. The Balaban J connectivity index is 0.00000110. The van der Waals surface area contributed by atoms with E-state index in [4.69, 9.17) is 4.98 Å². The van der Waals surface area contributed by atoms with Crippen LogP contribution in [-0.4, -0.2) is 39.3 Å². The molecule has 44 heavy (non-hydrogen) atoms. The molecule has 5 heteroatoms. The molecule has 5 aromatic carbocycles. The third-order valence-electron chi connectivity index (χ3n) is 7.74. The van der Waals surface area contributed by atoms with Gasteiger partial charge in [-0.3, -0.25) is 0 Å². The second-order valence-corrected chi connectivity index (χ2v) is 13.8. The Hall–Kier alpha value is -4.25. The molecule has 0 unspecified atom stereocenters. The number of fused-ring (bicyclic) bond motifs is 3. The summed E-state index contributed by atoms with van der Waals surface area (Å²) in [6.45, 7) is 5.75. The number of hydrogen-bond donors (Lipinski definition) is 1. The summed E-state index contributed by atoms with van der Waals surface area (Å²) >= 11 is 0.238. The second kappa shape index (κ2) is 12.4. The fourth-order valence-electron chi connectivity index (χ4n) is 5.55. The van der Waals surface area contributed by atoms with Gasteiger partial charge in [-0.15, -0.1) is 0 Å². The van der Waals surface area contributed by atoms with Gasteiger partial charge in [0, 0.05) is 14.2 Å². The molecule has 0 saturated heterocycles. The zero-order chi connectivity index (χ0) is 30.8. The van der Waals surface area contributed by atoms with Crippen molar-refractivity contribution in [3.05, 3.63) is 132 Å². The van der Waals surface area contributed by atoms with Gasteiger partial charge in [0.15, 0.2) is 0 Å². The number of para-hydroxylation sites is 3. The van der Waals surface area contributed by atoms with Gasteiger partial charge in [0.25, 0.3) is 0 Å². The summed E-state index contributed by atoms with van der Waals surface area (Å²) in [4.78, 5) is 7.76. The number of aromatic nitrogens is 1. The van der Waals surface area contributed by atoms with E-state index >= 15 is 0 Å². The predicted molar refractivity (Wildman–Crippen MR) is 185 cm³/mol. The first-order valence-electron chi connectivity index (χ1n) is 14.7. The van der Waals surface area contributed by atoms with Crippen molar-refractivity contribution in [1.29, 1.82) is 0 Å². The fraction of sp³-hybridized carbons (Fsp3) is 0.154. The molecule has 0 aliphatic carbocycles. The molecule has 1 N–H and O–H groups in total. The van der Waals surface area contributed by atoms with Crippen LogP contribution in [0.2, 0.25) is 0 Å². The van der Waals surface area contributed by atoms with Crippen molar-refractivity contribution in [3.8, 4) is 22.4 Å². The van der Waals surface area contributed by atoms with E-state index in [1.165, 1.54) is 25.9 Å². The molecule has 1 aliphatic heterocycles. The van der Waals surface area contributed by atoms with Crippen molar-refractivity contribution in [1.82, 2.24) is 4.98 Å². The molecule has 0 spiro atoms. The molecular formula is C39H36N2O2Se. The summed E-state index contributed by atoms with van der Waals surface area (Å²) in [6.07, 6.45) is 0. The van der Waals surface area contributed by atoms with Crippen molar-refractivity contribution < 1.29 is 9.84 Å². The number of nitrogens with zero attached hydrogens (tertiary/aromatic N) is 2. The topological polar surface area (TPSA) is 45.6 Å². The fourth-order valence-corrected chi connectivity index (χ4v) is 7.77. The van der Waals surface area contributed by atoms with Gasteiger partial charge in [0.1, 0.15) is 0 Å². The van der Waals surface area contributed by atoms with Crippen molar-refractivity contribution in [2.45, 2.75) is 26.4 Å². The zero-order valence-electron chi connectivity index (χ0n) is 25.7. The minimum atomic E-state index is -0.893. The number of pyridine rings is 1. The second-order valence-electron chi connectivity index (χ2n) is 11.5. The Bertz CT molecular complexity index is 1880. The summed E-state index contributed by atoms with van der Waals surface area (Å²) < 4.78 is 6.99. The van der Waals surface area contributed by atoms with Crippen LogP contribution < -0.4 is 13.8 Å². The van der Waals surface area contributed by atoms with Gasteiger partial charge in [0.2, 0.25) is 0 Å². The molecule has 6 aromatic rings. The molecule has 220 valence electrons. The van der Waals surface area contributed by atoms with Crippen molar-refractivity contribution >= 4 is 51.8 Å². The van der Waals surface area contributed by atoms with Crippen LogP contribution >= 0.6 is 0 Å². The summed E-state index contributed by atoms with van der Waals surface area (Å²) in [5, 5.41) is 11.7. The van der Waals surface area contributed by atoms with E-state index in [0.717, 1.165) is 44.5 Å². The third-order valence-corrected chi connectivity index (χ3v) is 10.1. The third kappa shape index (κ3) is 5.80. The molecule has 0 fully saturated rings. The van der Waals surface area contributed by atoms with Crippen molar-refractivity contribution in [3.63, 3.8) is 0 Å². The van der Waals surface area contributed by atoms with Crippen LogP contribution in [0.15, 0.2) is 121 Å². The standard InChI is InChI=1S/C37H30N2OSe.C2H6O/c1-24-15-17-26(18-16-24)30-23-29(25-19-21-27(22-20-25)37(2,3)40)28-9-8-12-33(36(28)38-30)39-31-10-4-6-13-34(31)41-35-14-7-5-11-32(35)39;1-3-2/h4-23,40H,1-3H3;1-2H3. The summed E-state index contributed by atoms with van der Waals surface area (Å²) in [7, 11) is 3.25. The van der Waals surface area contributed by atoms with E-state index in [-0.39, 0.29) is 15.0 Å². The maximum atomic E-state index is 10.6. The van der Waals surface area contributed by atoms with Crippen LogP contribution in [0.3, 0.4) is 0 Å². The monoisotopic (exact) mass is 644 g/mol. The van der Waals surface area contributed by atoms with Gasteiger partial charge >= 0.3 is 229 Å². The number of hydrogen-bond acceptors (Lipinski definition) is 4. The quantitative estimate of drug-likeness (QED) is 0.199. The summed E-state index contributed by atoms with van der Waals surface area (Å²) in [5.74, 6) is 0. The Morgan fingerprint density at radius 2 is 1.23 bits per heavy atom. The van der Waals surface area contributed by atoms with Gasteiger partial charge in [-0.05, 0) is 13.8 Å². The van der Waals surface area contributed by atoms with E-state index < -0.39 is 5.60 Å². The molecule has 0 atom stereocenters. The predicted octanol–water partition coefficient (Wildman–Crippen LogP) is 7.81. The van der Waals surface area contributed by atoms with Crippen LogP contribution in [0.1, 0.15) is 25.0 Å². The van der Waals surface area contributed by atoms with E-state index in [0.29, 0.717) is 0 Å². The first-order valence-corrected chi connectivity index (χ1v) is 16.4. The first-order chi connectivity index (χ1) is 21.3. The van der Waals surface area contributed by atoms with Crippen LogP contribution in [0.5, 0.6) is 0 Å². The number of rotatable bonds is 4. The SMILES string of the molecule is COC.Cc1ccc(-c2cc(-c3ccc(C(C)(C)O)cc3)c3cccc(N4c5ccccc5[Se]c5ccccc54)c3n2)cc1. The van der Waals surface area contributed by atoms with Crippen LogP contribution in [0, 0.1) is 6.92 Å². The van der Waals surface area contributed by atoms with Crippen molar-refractivity contribution in [2.75, 3.05) is 19.1 Å². The van der Waals surface area contributed by atoms with Crippen LogP contribution in [0.4, 0.5) is 17.1 Å². The number of ether oxygens (including phenoxy) is 1. The van der Waals surface area contributed by atoms with Crippen LogP contribution in [-0.2, 0) is 10.3 Å². The molecule has 4 nitrogen and oxygen atoms in total. The van der Waals surface area contributed by atoms with Gasteiger partial charge < -0.3 is 9.84 Å². The maximum absolute atomic E-state index is 10.6. The molecular weight excluding hydrogens is 607 g/mol. The molecule has 1 aromatic heterocycles. The molecule has 7 rings (SSSR count). The molecule has 0 saturated carbocycles. The molecule has 1 aliphatic rings. The van der Waals surface area contributed by atoms with E-state index in [1.807, 2.05) is 26.0 Å². The number of aryl methyl sites for hydroxylation is 1. The van der Waals surface area contributed by atoms with E-state index in [9.17, 15) is 5.11 Å². The average molecular weight is 644 g/mol. The minimum absolute atomic E-state index is 0.238. The van der Waals surface area contributed by atoms with Gasteiger partial charge in [0.05, 0.1) is 0 Å². The van der Waals surface area contributed by atoms with Crippen molar-refractivity contribution in [2.24, 2.45) is 0 Å². The molecule has 2 heterocycles. The number of methoxy groups -OCH3 is 1. The number of aliphatic hydroxyl groups is 1. The Labute approximate surface area is 266 Å². The van der Waals surface area contributed by atoms with Gasteiger partial charge in [-0.1, -0.05) is 0 Å². The first kappa shape index (κ1) is 29.8. The van der Waals surface area contributed by atoms with Gasteiger partial charge in [-0.25, -0.2) is 0 Å². The summed E-state index contributed by atoms with van der Waals surface area (Å²) in [5.41, 5.74) is 9.94. The van der Waals surface area contributed by atoms with Gasteiger partial charge in [-0.2, -0.15) is 0 Å². The average Bonchev–Trinajstić information content (AvgIpc) is 3.03. The Morgan fingerprint density at radius 3 is 1.82 bits per heavy atom. The number of benzene rings is 5. The zero-order valence-corrected chi connectivity index (χ0v) is 27.4. The normalized spacial score (nSPS) is 12.3. The van der Waals surface area contributed by atoms with E-state index in [1.54, 1.807) is 14.2 Å².